The molecule has 18 heavy (non-hydrogen) atoms. The number of benzene rings is 1. The summed E-state index contributed by atoms with van der Waals surface area (Å²) in [6, 6.07) is 7.24. The van der Waals surface area contributed by atoms with Gasteiger partial charge in [-0.15, -0.1) is 0 Å². The first-order chi connectivity index (χ1) is 8.69. The molecule has 0 spiro atoms. The highest BCUT2D eigenvalue weighted by atomic mass is 16.5. The molecule has 1 heterocycles. The van der Waals surface area contributed by atoms with E-state index in [2.05, 4.69) is 9.97 Å². The van der Waals surface area contributed by atoms with E-state index < -0.39 is 0 Å². The molecule has 0 atom stereocenters. The third-order valence-electron chi connectivity index (χ3n) is 2.51. The van der Waals surface area contributed by atoms with Crippen LogP contribution >= 0.6 is 0 Å². The Hall–Kier alpha value is -2.68. The molecular weight excluding hydrogens is 232 g/mol. The number of hydrogen-bond donors (Lipinski definition) is 2. The summed E-state index contributed by atoms with van der Waals surface area (Å²) in [5, 5.41) is 8.83. The van der Waals surface area contributed by atoms with Crippen molar-refractivity contribution in [2.24, 2.45) is 0 Å². The van der Waals surface area contributed by atoms with Crippen LogP contribution in [0.1, 0.15) is 5.69 Å². The fourth-order valence-corrected chi connectivity index (χ4v) is 1.59. The molecule has 0 aliphatic carbocycles. The SMILES string of the molecule is COc1ccc(-c2nc(N)c(C#N)[nH]2)c(OC)c1. The maximum atomic E-state index is 8.83. The van der Waals surface area contributed by atoms with E-state index in [0.717, 1.165) is 0 Å². The zero-order valence-corrected chi connectivity index (χ0v) is 10.0. The normalized spacial score (nSPS) is 9.83. The van der Waals surface area contributed by atoms with Gasteiger partial charge in [0.05, 0.1) is 19.8 Å². The molecule has 3 N–H and O–H groups in total. The van der Waals surface area contributed by atoms with Crippen LogP contribution in [-0.4, -0.2) is 24.2 Å². The molecule has 6 heteroatoms. The molecule has 0 aliphatic heterocycles. The Balaban J connectivity index is 2.53. The van der Waals surface area contributed by atoms with E-state index in [0.29, 0.717) is 22.9 Å². The Kier molecular flexibility index (Phi) is 3.06. The van der Waals surface area contributed by atoms with Gasteiger partial charge in [0.1, 0.15) is 23.4 Å². The smallest absolute Gasteiger partial charge is 0.161 e. The molecule has 92 valence electrons. The first-order valence-corrected chi connectivity index (χ1v) is 5.17. The van der Waals surface area contributed by atoms with E-state index in [-0.39, 0.29) is 11.5 Å². The number of ether oxygens (including phenoxy) is 2. The number of nitrogens with one attached hydrogen (secondary N) is 1. The van der Waals surface area contributed by atoms with Crippen LogP contribution in [0, 0.1) is 11.3 Å². The number of H-pyrrole nitrogens is 1. The lowest BCUT2D eigenvalue weighted by Crippen LogP contribution is -1.91. The quantitative estimate of drug-likeness (QED) is 0.853. The van der Waals surface area contributed by atoms with Crippen molar-refractivity contribution >= 4 is 5.82 Å². The van der Waals surface area contributed by atoms with Crippen molar-refractivity contribution in [2.75, 3.05) is 20.0 Å². The van der Waals surface area contributed by atoms with Gasteiger partial charge in [-0.2, -0.15) is 5.26 Å². The second-order valence-corrected chi connectivity index (χ2v) is 3.52. The molecule has 0 bridgehead atoms. The number of nitrogens with zero attached hydrogens (tertiary/aromatic N) is 2. The highest BCUT2D eigenvalue weighted by Gasteiger charge is 2.13. The number of anilines is 1. The van der Waals surface area contributed by atoms with Crippen LogP contribution < -0.4 is 15.2 Å². The maximum Gasteiger partial charge on any atom is 0.161 e. The largest absolute Gasteiger partial charge is 0.497 e. The predicted molar refractivity (Wildman–Crippen MR) is 66.3 cm³/mol. The summed E-state index contributed by atoms with van der Waals surface area (Å²) in [5.41, 5.74) is 6.56. The zero-order chi connectivity index (χ0) is 13.1. The number of nitrogen functional groups attached to an aromatic ring is 1. The number of imidazole rings is 1. The van der Waals surface area contributed by atoms with E-state index in [1.54, 1.807) is 32.4 Å². The van der Waals surface area contributed by atoms with Crippen molar-refractivity contribution in [1.82, 2.24) is 9.97 Å². The minimum absolute atomic E-state index is 0.172. The number of rotatable bonds is 3. The third-order valence-corrected chi connectivity index (χ3v) is 2.51. The number of aromatic nitrogens is 2. The molecule has 1 aromatic heterocycles. The summed E-state index contributed by atoms with van der Waals surface area (Å²) in [5.74, 6) is 1.93. The molecular formula is C12H12N4O2. The van der Waals surface area contributed by atoms with E-state index in [1.165, 1.54) is 0 Å². The topological polar surface area (TPSA) is 97.0 Å². The summed E-state index contributed by atoms with van der Waals surface area (Å²) in [6.45, 7) is 0. The van der Waals surface area contributed by atoms with E-state index in [1.807, 2.05) is 6.07 Å². The molecule has 0 fully saturated rings. The zero-order valence-electron chi connectivity index (χ0n) is 10.0. The Morgan fingerprint density at radius 3 is 2.67 bits per heavy atom. The fraction of sp³-hybridized carbons (Fsp3) is 0.167. The average Bonchev–Trinajstić information content (AvgIpc) is 2.79. The first kappa shape index (κ1) is 11.8. The van der Waals surface area contributed by atoms with Gasteiger partial charge < -0.3 is 20.2 Å². The van der Waals surface area contributed by atoms with Gasteiger partial charge in [-0.3, -0.25) is 0 Å². The first-order valence-electron chi connectivity index (χ1n) is 5.17. The van der Waals surface area contributed by atoms with Crippen molar-refractivity contribution < 1.29 is 9.47 Å². The molecule has 6 nitrogen and oxygen atoms in total. The van der Waals surface area contributed by atoms with Crippen molar-refractivity contribution in [3.8, 4) is 29.0 Å². The molecule has 0 amide bonds. The lowest BCUT2D eigenvalue weighted by Gasteiger charge is -2.08. The fourth-order valence-electron chi connectivity index (χ4n) is 1.59. The van der Waals surface area contributed by atoms with Crippen molar-refractivity contribution in [3.63, 3.8) is 0 Å². The van der Waals surface area contributed by atoms with Crippen molar-refractivity contribution in [1.29, 1.82) is 5.26 Å². The summed E-state index contributed by atoms with van der Waals surface area (Å²) in [7, 11) is 3.13. The van der Waals surface area contributed by atoms with Gasteiger partial charge in [0, 0.05) is 6.07 Å². The average molecular weight is 244 g/mol. The lowest BCUT2D eigenvalue weighted by molar-refractivity contribution is 0.395. The number of hydrogen-bond acceptors (Lipinski definition) is 5. The minimum Gasteiger partial charge on any atom is -0.497 e. The Morgan fingerprint density at radius 2 is 2.11 bits per heavy atom. The Labute approximate surface area is 104 Å². The van der Waals surface area contributed by atoms with Gasteiger partial charge in [-0.25, -0.2) is 4.98 Å². The van der Waals surface area contributed by atoms with Crippen molar-refractivity contribution in [2.45, 2.75) is 0 Å². The monoisotopic (exact) mass is 244 g/mol. The summed E-state index contributed by atoms with van der Waals surface area (Å²) >= 11 is 0. The highest BCUT2D eigenvalue weighted by Crippen LogP contribution is 2.32. The number of nitriles is 1. The maximum absolute atomic E-state index is 8.83. The summed E-state index contributed by atoms with van der Waals surface area (Å²) in [6.07, 6.45) is 0. The Bertz CT molecular complexity index is 613. The molecule has 0 radical (unpaired) electrons. The standard InChI is InChI=1S/C12H12N4O2/c1-17-7-3-4-8(10(5-7)18-2)12-15-9(6-13)11(14)16-12/h3-5H,14H2,1-2H3,(H,15,16). The third kappa shape index (κ3) is 1.94. The van der Waals surface area contributed by atoms with Gasteiger partial charge in [0.25, 0.3) is 0 Å². The van der Waals surface area contributed by atoms with Crippen LogP contribution in [-0.2, 0) is 0 Å². The van der Waals surface area contributed by atoms with Crippen LogP contribution in [0.25, 0.3) is 11.4 Å². The minimum atomic E-state index is 0.172. The second-order valence-electron chi connectivity index (χ2n) is 3.52. The van der Waals surface area contributed by atoms with E-state index in [9.17, 15) is 0 Å². The molecule has 0 saturated carbocycles. The lowest BCUT2D eigenvalue weighted by atomic mass is 10.2. The van der Waals surface area contributed by atoms with Crippen LogP contribution in [0.2, 0.25) is 0 Å². The molecule has 0 unspecified atom stereocenters. The number of nitrogens with two attached hydrogens (primary N) is 1. The molecule has 1 aromatic carbocycles. The van der Waals surface area contributed by atoms with Crippen LogP contribution in [0.5, 0.6) is 11.5 Å². The molecule has 0 aliphatic rings. The Morgan fingerprint density at radius 1 is 1.33 bits per heavy atom. The second kappa shape index (κ2) is 4.67. The molecule has 0 saturated heterocycles. The summed E-state index contributed by atoms with van der Waals surface area (Å²) < 4.78 is 10.4. The summed E-state index contributed by atoms with van der Waals surface area (Å²) in [4.78, 5) is 6.94. The highest BCUT2D eigenvalue weighted by molar-refractivity contribution is 5.68. The van der Waals surface area contributed by atoms with E-state index in [4.69, 9.17) is 20.5 Å². The molecule has 2 rings (SSSR count). The predicted octanol–water partition coefficient (Wildman–Crippen LogP) is 1.55. The van der Waals surface area contributed by atoms with E-state index >= 15 is 0 Å². The molecule has 2 aromatic rings. The van der Waals surface area contributed by atoms with Crippen LogP contribution in [0.3, 0.4) is 0 Å². The van der Waals surface area contributed by atoms with Crippen molar-refractivity contribution in [3.05, 3.63) is 23.9 Å². The van der Waals surface area contributed by atoms with Gasteiger partial charge in [0.2, 0.25) is 0 Å². The van der Waals surface area contributed by atoms with Gasteiger partial charge in [-0.05, 0) is 12.1 Å². The van der Waals surface area contributed by atoms with Gasteiger partial charge in [0.15, 0.2) is 11.5 Å². The van der Waals surface area contributed by atoms with Gasteiger partial charge >= 0.3 is 0 Å². The number of aromatic amines is 1. The van der Waals surface area contributed by atoms with Gasteiger partial charge in [-0.1, -0.05) is 0 Å². The van der Waals surface area contributed by atoms with Crippen LogP contribution in [0.4, 0.5) is 5.82 Å². The number of methoxy groups -OCH3 is 2. The van der Waals surface area contributed by atoms with Crippen LogP contribution in [0.15, 0.2) is 18.2 Å².